The average molecular weight is 520 g/mol. The van der Waals surface area contributed by atoms with Gasteiger partial charge in [0.1, 0.15) is 11.0 Å². The van der Waals surface area contributed by atoms with Gasteiger partial charge in [-0.25, -0.2) is 4.99 Å². The van der Waals surface area contributed by atoms with E-state index in [0.717, 1.165) is 11.3 Å². The normalized spacial score (nSPS) is 16.1. The van der Waals surface area contributed by atoms with Gasteiger partial charge in [-0.3, -0.25) is 14.5 Å². The number of para-hydroxylation sites is 1. The van der Waals surface area contributed by atoms with Crippen molar-refractivity contribution in [1.29, 1.82) is 0 Å². The Kier molecular flexibility index (Phi) is 8.68. The highest BCUT2D eigenvalue weighted by molar-refractivity contribution is 8.15. The zero-order valence-corrected chi connectivity index (χ0v) is 21.8. The lowest BCUT2D eigenvalue weighted by Gasteiger charge is -2.17. The molecule has 192 valence electrons. The third-order valence-corrected chi connectivity index (χ3v) is 6.99. The number of hydrogen-bond donors (Lipinski definition) is 1. The van der Waals surface area contributed by atoms with E-state index in [9.17, 15) is 9.59 Å². The van der Waals surface area contributed by atoms with Gasteiger partial charge in [-0.05, 0) is 60.5 Å². The molecule has 1 heterocycles. The van der Waals surface area contributed by atoms with Crippen molar-refractivity contribution in [2.75, 3.05) is 33.2 Å². The first-order valence-electron chi connectivity index (χ1n) is 11.8. The maximum absolute atomic E-state index is 13.4. The van der Waals surface area contributed by atoms with E-state index in [1.165, 1.54) is 11.8 Å². The third-order valence-electron chi connectivity index (χ3n) is 5.82. The maximum Gasteiger partial charge on any atom is 0.242 e. The van der Waals surface area contributed by atoms with E-state index >= 15 is 0 Å². The summed E-state index contributed by atoms with van der Waals surface area (Å²) in [6, 6.07) is 22.2. The van der Waals surface area contributed by atoms with Gasteiger partial charge in [-0.2, -0.15) is 0 Å². The number of carbonyl (C=O) groups excluding carboxylic acids is 2. The first kappa shape index (κ1) is 26.1. The van der Waals surface area contributed by atoms with Crippen LogP contribution in [0.4, 0.5) is 11.4 Å². The van der Waals surface area contributed by atoms with Crippen LogP contribution in [0.25, 0.3) is 0 Å². The Morgan fingerprint density at radius 1 is 0.946 bits per heavy atom. The molecule has 9 heteroatoms. The second-order valence-corrected chi connectivity index (χ2v) is 9.42. The maximum atomic E-state index is 13.4. The molecular formula is C28H29N3O5S. The fraction of sp³-hybridized carbons (Fsp3) is 0.250. The number of anilines is 1. The summed E-state index contributed by atoms with van der Waals surface area (Å²) in [7, 11) is 4.77. The van der Waals surface area contributed by atoms with Crippen molar-refractivity contribution >= 4 is 40.1 Å². The highest BCUT2D eigenvalue weighted by Crippen LogP contribution is 2.33. The van der Waals surface area contributed by atoms with E-state index in [0.29, 0.717) is 41.1 Å². The van der Waals surface area contributed by atoms with Crippen LogP contribution in [0.2, 0.25) is 0 Å². The molecule has 1 saturated heterocycles. The van der Waals surface area contributed by atoms with Crippen LogP contribution >= 0.6 is 11.8 Å². The van der Waals surface area contributed by atoms with Crippen LogP contribution in [0, 0.1) is 0 Å². The quantitative estimate of drug-likeness (QED) is 0.409. The number of hydrogen-bond acceptors (Lipinski definition) is 7. The van der Waals surface area contributed by atoms with Crippen LogP contribution in [-0.2, 0) is 16.0 Å². The third kappa shape index (κ3) is 6.62. The highest BCUT2D eigenvalue weighted by Gasteiger charge is 2.39. The van der Waals surface area contributed by atoms with Gasteiger partial charge in [-0.15, -0.1) is 0 Å². The van der Waals surface area contributed by atoms with Crippen LogP contribution in [0.1, 0.15) is 12.0 Å². The highest BCUT2D eigenvalue weighted by atomic mass is 32.2. The zero-order chi connectivity index (χ0) is 26.2. The van der Waals surface area contributed by atoms with E-state index in [4.69, 9.17) is 19.2 Å². The van der Waals surface area contributed by atoms with E-state index < -0.39 is 5.25 Å². The van der Waals surface area contributed by atoms with Crippen molar-refractivity contribution in [2.45, 2.75) is 18.1 Å². The summed E-state index contributed by atoms with van der Waals surface area (Å²) in [6.45, 7) is 0.420. The molecule has 2 amide bonds. The van der Waals surface area contributed by atoms with Crippen molar-refractivity contribution in [3.8, 4) is 17.2 Å². The molecule has 0 bridgehead atoms. The van der Waals surface area contributed by atoms with Gasteiger partial charge in [0, 0.05) is 18.7 Å². The number of carbonyl (C=O) groups is 2. The van der Waals surface area contributed by atoms with Crippen molar-refractivity contribution in [2.24, 2.45) is 4.99 Å². The van der Waals surface area contributed by atoms with Gasteiger partial charge in [0.25, 0.3) is 0 Å². The van der Waals surface area contributed by atoms with E-state index in [1.54, 1.807) is 50.5 Å². The van der Waals surface area contributed by atoms with Crippen LogP contribution in [0.3, 0.4) is 0 Å². The lowest BCUT2D eigenvalue weighted by atomic mass is 10.1. The number of thioether (sulfide) groups is 1. The summed E-state index contributed by atoms with van der Waals surface area (Å²) in [6.07, 6.45) is 0.626. The molecule has 3 aromatic rings. The predicted octanol–water partition coefficient (Wildman–Crippen LogP) is 4.92. The molecule has 0 radical (unpaired) electrons. The topological polar surface area (TPSA) is 89.5 Å². The Morgan fingerprint density at radius 2 is 1.68 bits per heavy atom. The van der Waals surface area contributed by atoms with Gasteiger partial charge >= 0.3 is 0 Å². The summed E-state index contributed by atoms with van der Waals surface area (Å²) in [4.78, 5) is 32.5. The number of nitrogens with zero attached hydrogens (tertiary/aromatic N) is 2. The summed E-state index contributed by atoms with van der Waals surface area (Å²) < 4.78 is 15.9. The lowest BCUT2D eigenvalue weighted by molar-refractivity contribution is -0.128. The molecular weight excluding hydrogens is 490 g/mol. The predicted molar refractivity (Wildman–Crippen MR) is 146 cm³/mol. The monoisotopic (exact) mass is 519 g/mol. The Morgan fingerprint density at radius 3 is 2.35 bits per heavy atom. The van der Waals surface area contributed by atoms with E-state index in [-0.39, 0.29) is 18.2 Å². The minimum atomic E-state index is -0.564. The average Bonchev–Trinajstić information content (AvgIpc) is 3.21. The van der Waals surface area contributed by atoms with Crippen molar-refractivity contribution in [3.63, 3.8) is 0 Å². The molecule has 0 saturated carbocycles. The van der Waals surface area contributed by atoms with Gasteiger partial charge in [0.15, 0.2) is 16.7 Å². The van der Waals surface area contributed by atoms with Crippen molar-refractivity contribution in [1.82, 2.24) is 4.90 Å². The number of amidine groups is 1. The van der Waals surface area contributed by atoms with Gasteiger partial charge < -0.3 is 19.5 Å². The largest absolute Gasteiger partial charge is 0.497 e. The number of benzene rings is 3. The van der Waals surface area contributed by atoms with E-state index in [2.05, 4.69) is 5.32 Å². The van der Waals surface area contributed by atoms with Gasteiger partial charge in [0.2, 0.25) is 11.8 Å². The van der Waals surface area contributed by atoms with Gasteiger partial charge in [0.05, 0.1) is 27.0 Å². The fourth-order valence-corrected chi connectivity index (χ4v) is 5.06. The van der Waals surface area contributed by atoms with Crippen LogP contribution < -0.4 is 19.5 Å². The number of nitrogens with one attached hydrogen (secondary N) is 1. The van der Waals surface area contributed by atoms with Crippen molar-refractivity contribution < 1.29 is 23.8 Å². The summed E-state index contributed by atoms with van der Waals surface area (Å²) in [5.41, 5.74) is 2.39. The summed E-state index contributed by atoms with van der Waals surface area (Å²) in [5, 5.41) is 2.88. The molecule has 1 fully saturated rings. The standard InChI is InChI=1S/C28H29N3O5S/c1-34-22-12-10-21(11-13-22)29-26(32)18-25-27(33)31(28(37-25)30-20-7-5-4-6-8-20)16-15-19-9-14-23(35-2)24(17-19)36-3/h4-14,17,25H,15-16,18H2,1-3H3,(H,29,32)/t25-/m0/s1. The molecule has 1 aliphatic rings. The lowest BCUT2D eigenvalue weighted by Crippen LogP contribution is -2.35. The Bertz CT molecular complexity index is 1260. The van der Waals surface area contributed by atoms with Crippen LogP contribution in [0.5, 0.6) is 17.2 Å². The molecule has 4 rings (SSSR count). The smallest absolute Gasteiger partial charge is 0.242 e. The summed E-state index contributed by atoms with van der Waals surface area (Å²) in [5.74, 6) is 1.61. The molecule has 37 heavy (non-hydrogen) atoms. The fourth-order valence-electron chi connectivity index (χ4n) is 3.88. The van der Waals surface area contributed by atoms with Crippen LogP contribution in [-0.4, -0.2) is 55.0 Å². The first-order valence-corrected chi connectivity index (χ1v) is 12.6. The van der Waals surface area contributed by atoms with Gasteiger partial charge in [-0.1, -0.05) is 36.0 Å². The SMILES string of the molecule is COc1ccc(NC(=O)C[C@@H]2SC(=Nc3ccccc3)N(CCc3ccc(OC)c(OC)c3)C2=O)cc1. The molecule has 8 nitrogen and oxygen atoms in total. The number of methoxy groups -OCH3 is 3. The Labute approximate surface area is 220 Å². The molecule has 0 aromatic heterocycles. The molecule has 1 atom stereocenters. The molecule has 3 aromatic carbocycles. The zero-order valence-electron chi connectivity index (χ0n) is 21.0. The summed E-state index contributed by atoms with van der Waals surface area (Å²) >= 11 is 1.32. The molecule has 1 N–H and O–H groups in total. The molecule has 0 aliphatic carbocycles. The number of aliphatic imine (C=N–C) groups is 1. The minimum absolute atomic E-state index is 0.0379. The van der Waals surface area contributed by atoms with E-state index in [1.807, 2.05) is 48.5 Å². The second kappa shape index (κ2) is 12.3. The van der Waals surface area contributed by atoms with Crippen molar-refractivity contribution in [3.05, 3.63) is 78.4 Å². The second-order valence-electron chi connectivity index (χ2n) is 8.25. The molecule has 1 aliphatic heterocycles. The Balaban J connectivity index is 1.48. The molecule has 0 spiro atoms. The first-order chi connectivity index (χ1) is 18.0. The number of amides is 2. The Hall–Kier alpha value is -3.98. The minimum Gasteiger partial charge on any atom is -0.497 e. The van der Waals surface area contributed by atoms with Crippen LogP contribution in [0.15, 0.2) is 77.8 Å². The molecule has 0 unspecified atom stereocenters. The number of ether oxygens (including phenoxy) is 3. The number of rotatable bonds is 10.